The van der Waals surface area contributed by atoms with Crippen molar-refractivity contribution in [3.8, 4) is 0 Å². The van der Waals surface area contributed by atoms with Crippen molar-refractivity contribution in [3.63, 3.8) is 0 Å². The van der Waals surface area contributed by atoms with Crippen LogP contribution in [0.15, 0.2) is 12.3 Å². The first-order chi connectivity index (χ1) is 9.00. The Bertz CT molecular complexity index is 558. The average molecular weight is 280 g/mol. The van der Waals surface area contributed by atoms with Gasteiger partial charge in [-0.15, -0.1) is 11.6 Å². The van der Waals surface area contributed by atoms with E-state index in [-0.39, 0.29) is 5.38 Å². The molecule has 0 saturated carbocycles. The third kappa shape index (κ3) is 3.08. The van der Waals surface area contributed by atoms with Crippen LogP contribution < -0.4 is 0 Å². The van der Waals surface area contributed by atoms with Crippen LogP contribution in [-0.2, 0) is 6.54 Å². The van der Waals surface area contributed by atoms with Gasteiger partial charge in [-0.25, -0.2) is 9.97 Å². The zero-order chi connectivity index (χ0) is 14.0. The second-order valence-corrected chi connectivity index (χ2v) is 6.23. The molecule has 0 spiro atoms. The molecule has 0 aliphatic heterocycles. The Labute approximate surface area is 120 Å². The van der Waals surface area contributed by atoms with Gasteiger partial charge in [0.1, 0.15) is 11.3 Å². The molecule has 0 amide bonds. The van der Waals surface area contributed by atoms with Gasteiger partial charge in [-0.2, -0.15) is 0 Å². The minimum Gasteiger partial charge on any atom is -0.311 e. The monoisotopic (exact) mass is 279 g/mol. The summed E-state index contributed by atoms with van der Waals surface area (Å²) < 4.78 is 2.18. The van der Waals surface area contributed by atoms with E-state index in [0.29, 0.717) is 0 Å². The molecule has 4 heteroatoms. The third-order valence-electron chi connectivity index (χ3n) is 3.38. The summed E-state index contributed by atoms with van der Waals surface area (Å²) in [7, 11) is 0. The van der Waals surface area contributed by atoms with Crippen LogP contribution in [0.25, 0.3) is 11.2 Å². The minimum absolute atomic E-state index is 0.0901. The summed E-state index contributed by atoms with van der Waals surface area (Å²) >= 11 is 6.26. The maximum atomic E-state index is 6.26. The summed E-state index contributed by atoms with van der Waals surface area (Å²) in [6.07, 6.45) is 4.19. The predicted octanol–water partition coefficient (Wildman–Crippen LogP) is 4.48. The van der Waals surface area contributed by atoms with Crippen LogP contribution in [0.5, 0.6) is 0 Å². The van der Waals surface area contributed by atoms with Gasteiger partial charge in [0.25, 0.3) is 0 Å². The summed E-state index contributed by atoms with van der Waals surface area (Å²) in [5.74, 6) is 1.66. The van der Waals surface area contributed by atoms with E-state index in [1.165, 1.54) is 6.42 Å². The number of aromatic nitrogens is 3. The Morgan fingerprint density at radius 1 is 1.32 bits per heavy atom. The predicted molar refractivity (Wildman–Crippen MR) is 80.6 cm³/mol. The lowest BCUT2D eigenvalue weighted by atomic mass is 10.1. The maximum absolute atomic E-state index is 6.26. The highest BCUT2D eigenvalue weighted by Crippen LogP contribution is 2.25. The number of hydrogen-bond donors (Lipinski definition) is 0. The summed E-state index contributed by atoms with van der Waals surface area (Å²) in [5, 5.41) is -0.0901. The molecule has 0 aliphatic carbocycles. The highest BCUT2D eigenvalue weighted by atomic mass is 35.5. The van der Waals surface area contributed by atoms with Crippen LogP contribution in [0.4, 0.5) is 0 Å². The van der Waals surface area contributed by atoms with Gasteiger partial charge < -0.3 is 4.57 Å². The van der Waals surface area contributed by atoms with Crippen molar-refractivity contribution in [1.29, 1.82) is 0 Å². The zero-order valence-corrected chi connectivity index (χ0v) is 12.9. The normalized spacial score (nSPS) is 13.4. The van der Waals surface area contributed by atoms with Crippen molar-refractivity contribution >= 4 is 22.8 Å². The fourth-order valence-electron chi connectivity index (χ4n) is 2.34. The van der Waals surface area contributed by atoms with Crippen molar-refractivity contribution in [1.82, 2.24) is 14.5 Å². The van der Waals surface area contributed by atoms with E-state index in [4.69, 9.17) is 11.6 Å². The molecule has 0 fully saturated rings. The lowest BCUT2D eigenvalue weighted by Gasteiger charge is -2.10. The number of aryl methyl sites for hydroxylation is 2. The number of alkyl halides is 1. The molecule has 1 atom stereocenters. The molecule has 2 heterocycles. The number of nitrogens with zero attached hydrogens (tertiary/aromatic N) is 3. The molecule has 0 radical (unpaired) electrons. The molecule has 1 unspecified atom stereocenters. The van der Waals surface area contributed by atoms with Crippen molar-refractivity contribution in [3.05, 3.63) is 23.7 Å². The molecule has 0 saturated heterocycles. The first-order valence-corrected chi connectivity index (χ1v) is 7.40. The van der Waals surface area contributed by atoms with Gasteiger partial charge in [0.15, 0.2) is 5.65 Å². The number of hydrogen-bond acceptors (Lipinski definition) is 2. The van der Waals surface area contributed by atoms with E-state index in [0.717, 1.165) is 41.4 Å². The molecule has 0 bridgehead atoms. The van der Waals surface area contributed by atoms with Crippen molar-refractivity contribution in [2.45, 2.75) is 52.5 Å². The maximum Gasteiger partial charge on any atom is 0.160 e. The van der Waals surface area contributed by atoms with E-state index in [2.05, 4.69) is 35.3 Å². The summed E-state index contributed by atoms with van der Waals surface area (Å²) in [6.45, 7) is 9.48. The average Bonchev–Trinajstić information content (AvgIpc) is 2.70. The van der Waals surface area contributed by atoms with E-state index in [1.807, 2.05) is 19.2 Å². The SMILES string of the molecule is Cc1ccnc2c1nc(C(C)Cl)n2CCCC(C)C. The van der Waals surface area contributed by atoms with Crippen LogP contribution in [0, 0.1) is 12.8 Å². The van der Waals surface area contributed by atoms with Gasteiger partial charge in [-0.3, -0.25) is 0 Å². The first kappa shape index (κ1) is 14.3. The van der Waals surface area contributed by atoms with Gasteiger partial charge in [-0.05, 0) is 44.2 Å². The second kappa shape index (κ2) is 5.91. The Hall–Kier alpha value is -1.09. The van der Waals surface area contributed by atoms with Crippen LogP contribution in [-0.4, -0.2) is 14.5 Å². The Morgan fingerprint density at radius 3 is 2.68 bits per heavy atom. The fourth-order valence-corrected chi connectivity index (χ4v) is 2.50. The number of rotatable bonds is 5. The highest BCUT2D eigenvalue weighted by Gasteiger charge is 2.16. The van der Waals surface area contributed by atoms with E-state index in [9.17, 15) is 0 Å². The molecule has 19 heavy (non-hydrogen) atoms. The number of pyridine rings is 1. The molecule has 0 N–H and O–H groups in total. The molecular weight excluding hydrogens is 258 g/mol. The summed E-state index contributed by atoms with van der Waals surface area (Å²) in [5.41, 5.74) is 3.10. The van der Waals surface area contributed by atoms with E-state index >= 15 is 0 Å². The van der Waals surface area contributed by atoms with Crippen LogP contribution in [0.2, 0.25) is 0 Å². The van der Waals surface area contributed by atoms with E-state index < -0.39 is 0 Å². The molecule has 0 aliphatic rings. The van der Waals surface area contributed by atoms with Crippen LogP contribution in [0.1, 0.15) is 50.4 Å². The minimum atomic E-state index is -0.0901. The molecule has 0 aromatic carbocycles. The molecule has 3 nitrogen and oxygen atoms in total. The molecule has 2 aromatic rings. The smallest absolute Gasteiger partial charge is 0.160 e. The number of halogens is 1. The fraction of sp³-hybridized carbons (Fsp3) is 0.600. The topological polar surface area (TPSA) is 30.7 Å². The largest absolute Gasteiger partial charge is 0.311 e. The number of fused-ring (bicyclic) bond motifs is 1. The van der Waals surface area contributed by atoms with Crippen LogP contribution >= 0.6 is 11.6 Å². The first-order valence-electron chi connectivity index (χ1n) is 6.96. The van der Waals surface area contributed by atoms with Gasteiger partial charge >= 0.3 is 0 Å². The lowest BCUT2D eigenvalue weighted by molar-refractivity contribution is 0.508. The quantitative estimate of drug-likeness (QED) is 0.756. The van der Waals surface area contributed by atoms with Crippen molar-refractivity contribution in [2.75, 3.05) is 0 Å². The Morgan fingerprint density at radius 2 is 2.05 bits per heavy atom. The molecular formula is C15H22ClN3. The standard InChI is InChI=1S/C15H22ClN3/c1-10(2)6-5-9-19-14(12(4)16)18-13-11(3)7-8-17-15(13)19/h7-8,10,12H,5-6,9H2,1-4H3. The third-order valence-corrected chi connectivity index (χ3v) is 3.58. The molecule has 2 aromatic heterocycles. The Kier molecular flexibility index (Phi) is 4.46. The van der Waals surface area contributed by atoms with Gasteiger partial charge in [0.05, 0.1) is 5.38 Å². The highest BCUT2D eigenvalue weighted by molar-refractivity contribution is 6.20. The molecule has 2 rings (SSSR count). The Balaban J connectivity index is 2.38. The second-order valence-electron chi connectivity index (χ2n) is 5.57. The molecule has 104 valence electrons. The number of imidazole rings is 1. The zero-order valence-electron chi connectivity index (χ0n) is 12.2. The lowest BCUT2D eigenvalue weighted by Crippen LogP contribution is -2.06. The van der Waals surface area contributed by atoms with E-state index in [1.54, 1.807) is 0 Å². The summed E-state index contributed by atoms with van der Waals surface area (Å²) in [4.78, 5) is 9.16. The summed E-state index contributed by atoms with van der Waals surface area (Å²) in [6, 6.07) is 2.00. The van der Waals surface area contributed by atoms with Gasteiger partial charge in [-0.1, -0.05) is 13.8 Å². The van der Waals surface area contributed by atoms with Gasteiger partial charge in [0, 0.05) is 12.7 Å². The van der Waals surface area contributed by atoms with Crippen molar-refractivity contribution < 1.29 is 0 Å². The van der Waals surface area contributed by atoms with Crippen molar-refractivity contribution in [2.24, 2.45) is 5.92 Å². The van der Waals surface area contributed by atoms with Gasteiger partial charge in [0.2, 0.25) is 0 Å². The van der Waals surface area contributed by atoms with Crippen LogP contribution in [0.3, 0.4) is 0 Å².